The first-order chi connectivity index (χ1) is 8.65. The van der Waals surface area contributed by atoms with Crippen molar-refractivity contribution in [1.29, 1.82) is 0 Å². The van der Waals surface area contributed by atoms with E-state index in [0.29, 0.717) is 0 Å². The Morgan fingerprint density at radius 2 is 1.94 bits per heavy atom. The number of benzene rings is 1. The Kier molecular flexibility index (Phi) is 5.78. The van der Waals surface area contributed by atoms with Crippen LogP contribution >= 0.6 is 0 Å². The summed E-state index contributed by atoms with van der Waals surface area (Å²) in [5, 5.41) is 3.07. The van der Waals surface area contributed by atoms with Crippen LogP contribution in [0.1, 0.15) is 18.9 Å². The highest BCUT2D eigenvalue weighted by Crippen LogP contribution is 2.11. The first-order valence-electron chi connectivity index (χ1n) is 6.17. The van der Waals surface area contributed by atoms with Crippen LogP contribution in [-0.4, -0.2) is 7.05 Å². The van der Waals surface area contributed by atoms with E-state index in [4.69, 9.17) is 5.73 Å². The quantitative estimate of drug-likeness (QED) is 0.592. The van der Waals surface area contributed by atoms with Crippen molar-refractivity contribution >= 4 is 5.69 Å². The van der Waals surface area contributed by atoms with Crippen LogP contribution in [0.4, 0.5) is 5.69 Å². The van der Waals surface area contributed by atoms with E-state index in [0.717, 1.165) is 24.2 Å². The minimum absolute atomic E-state index is 0.818. The number of hydrogen-bond donors (Lipinski definition) is 2. The second kappa shape index (κ2) is 7.38. The van der Waals surface area contributed by atoms with Gasteiger partial charge in [0.2, 0.25) is 0 Å². The van der Waals surface area contributed by atoms with Crippen molar-refractivity contribution in [2.45, 2.75) is 19.8 Å². The smallest absolute Gasteiger partial charge is 0.0331 e. The number of hydrogen-bond acceptors (Lipinski definition) is 2. The van der Waals surface area contributed by atoms with Gasteiger partial charge in [-0.2, -0.15) is 0 Å². The van der Waals surface area contributed by atoms with E-state index in [1.165, 1.54) is 11.1 Å². The zero-order valence-corrected chi connectivity index (χ0v) is 11.2. The van der Waals surface area contributed by atoms with E-state index in [1.54, 1.807) is 0 Å². The molecule has 0 heterocycles. The lowest BCUT2D eigenvalue weighted by Gasteiger charge is -2.03. The number of aryl methyl sites for hydroxylation is 1. The summed E-state index contributed by atoms with van der Waals surface area (Å²) >= 11 is 0. The van der Waals surface area contributed by atoms with Gasteiger partial charge in [-0.05, 0) is 49.6 Å². The van der Waals surface area contributed by atoms with Crippen molar-refractivity contribution in [2.75, 3.05) is 12.8 Å². The van der Waals surface area contributed by atoms with Crippen LogP contribution in [0.3, 0.4) is 0 Å². The van der Waals surface area contributed by atoms with Crippen LogP contribution in [-0.2, 0) is 6.42 Å². The summed E-state index contributed by atoms with van der Waals surface area (Å²) in [7, 11) is 1.89. The predicted octanol–water partition coefficient (Wildman–Crippen LogP) is 3.44. The Bertz CT molecular complexity index is 439. The molecule has 3 N–H and O–H groups in total. The van der Waals surface area contributed by atoms with Crippen LogP contribution in [0.2, 0.25) is 0 Å². The topological polar surface area (TPSA) is 38.0 Å². The summed E-state index contributed by atoms with van der Waals surface area (Å²) in [4.78, 5) is 0. The molecule has 1 aromatic rings. The lowest BCUT2D eigenvalue weighted by molar-refractivity contribution is 0.940. The third kappa shape index (κ3) is 4.91. The molecule has 0 aliphatic rings. The van der Waals surface area contributed by atoms with Crippen LogP contribution in [0.15, 0.2) is 60.3 Å². The SMILES string of the molecule is C=C/C(=C\C=C(/C)CCc1ccc(N)cc1)NC. The van der Waals surface area contributed by atoms with Gasteiger partial charge in [-0.1, -0.05) is 30.4 Å². The molecule has 0 spiro atoms. The summed E-state index contributed by atoms with van der Waals surface area (Å²) in [6.07, 6.45) is 8.08. The average molecular weight is 242 g/mol. The minimum Gasteiger partial charge on any atom is -0.399 e. The molecule has 0 bridgehead atoms. The molecule has 2 heteroatoms. The normalized spacial score (nSPS) is 12.3. The molecule has 0 radical (unpaired) electrons. The van der Waals surface area contributed by atoms with E-state index in [1.807, 2.05) is 31.3 Å². The second-order valence-corrected chi connectivity index (χ2v) is 4.33. The maximum Gasteiger partial charge on any atom is 0.0331 e. The van der Waals surface area contributed by atoms with Crippen molar-refractivity contribution in [1.82, 2.24) is 5.32 Å². The molecule has 0 aromatic heterocycles. The highest BCUT2D eigenvalue weighted by atomic mass is 14.8. The number of nitrogens with two attached hydrogens (primary N) is 1. The minimum atomic E-state index is 0.818. The number of nitrogens with one attached hydrogen (secondary N) is 1. The molecule has 0 saturated carbocycles. The fourth-order valence-corrected chi connectivity index (χ4v) is 1.59. The zero-order chi connectivity index (χ0) is 13.4. The van der Waals surface area contributed by atoms with Gasteiger partial charge in [0, 0.05) is 18.4 Å². The van der Waals surface area contributed by atoms with Crippen LogP contribution < -0.4 is 11.1 Å². The van der Waals surface area contributed by atoms with Crippen molar-refractivity contribution in [2.24, 2.45) is 0 Å². The van der Waals surface area contributed by atoms with E-state index in [9.17, 15) is 0 Å². The Labute approximate surface area is 110 Å². The molecule has 18 heavy (non-hydrogen) atoms. The first kappa shape index (κ1) is 14.1. The maximum absolute atomic E-state index is 5.66. The van der Waals surface area contributed by atoms with Gasteiger partial charge in [-0.3, -0.25) is 0 Å². The van der Waals surface area contributed by atoms with Crippen molar-refractivity contribution < 1.29 is 0 Å². The van der Waals surface area contributed by atoms with Crippen LogP contribution in [0.5, 0.6) is 0 Å². The van der Waals surface area contributed by atoms with Gasteiger partial charge >= 0.3 is 0 Å². The lowest BCUT2D eigenvalue weighted by Crippen LogP contribution is -2.01. The van der Waals surface area contributed by atoms with Crippen molar-refractivity contribution in [3.05, 3.63) is 65.9 Å². The molecule has 1 rings (SSSR count). The number of nitrogen functional groups attached to an aromatic ring is 1. The fraction of sp³-hybridized carbons (Fsp3) is 0.250. The Morgan fingerprint density at radius 1 is 1.28 bits per heavy atom. The van der Waals surface area contributed by atoms with E-state index in [2.05, 4.69) is 37.0 Å². The molecule has 0 saturated heterocycles. The molecule has 2 nitrogen and oxygen atoms in total. The van der Waals surface area contributed by atoms with E-state index in [-0.39, 0.29) is 0 Å². The summed E-state index contributed by atoms with van der Waals surface area (Å²) in [5.74, 6) is 0. The molecular weight excluding hydrogens is 220 g/mol. The Hall–Kier alpha value is -1.96. The van der Waals surface area contributed by atoms with E-state index < -0.39 is 0 Å². The summed E-state index contributed by atoms with van der Waals surface area (Å²) in [6.45, 7) is 5.88. The van der Waals surface area contributed by atoms with Crippen LogP contribution in [0.25, 0.3) is 0 Å². The maximum atomic E-state index is 5.66. The number of rotatable bonds is 6. The molecule has 0 fully saturated rings. The molecule has 0 atom stereocenters. The molecular formula is C16H22N2. The monoisotopic (exact) mass is 242 g/mol. The summed E-state index contributed by atoms with van der Waals surface area (Å²) in [6, 6.07) is 8.07. The molecule has 0 aliphatic heterocycles. The highest BCUT2D eigenvalue weighted by Gasteiger charge is 1.94. The molecule has 0 amide bonds. The molecule has 1 aromatic carbocycles. The highest BCUT2D eigenvalue weighted by molar-refractivity contribution is 5.39. The van der Waals surface area contributed by atoms with Gasteiger partial charge in [-0.15, -0.1) is 0 Å². The van der Waals surface area contributed by atoms with Crippen molar-refractivity contribution in [3.63, 3.8) is 0 Å². The fourth-order valence-electron chi connectivity index (χ4n) is 1.59. The van der Waals surface area contributed by atoms with Crippen molar-refractivity contribution in [3.8, 4) is 0 Å². The Balaban J connectivity index is 2.52. The average Bonchev–Trinajstić information content (AvgIpc) is 2.39. The van der Waals surface area contributed by atoms with E-state index >= 15 is 0 Å². The largest absolute Gasteiger partial charge is 0.399 e. The number of allylic oxidation sites excluding steroid dienone is 4. The van der Waals surface area contributed by atoms with Gasteiger partial charge in [-0.25, -0.2) is 0 Å². The zero-order valence-electron chi connectivity index (χ0n) is 11.2. The first-order valence-corrected chi connectivity index (χ1v) is 6.17. The molecule has 96 valence electrons. The van der Waals surface area contributed by atoms with Gasteiger partial charge in [0.15, 0.2) is 0 Å². The van der Waals surface area contributed by atoms with Gasteiger partial charge in [0.1, 0.15) is 0 Å². The number of anilines is 1. The lowest BCUT2D eigenvalue weighted by atomic mass is 10.0. The second-order valence-electron chi connectivity index (χ2n) is 4.33. The van der Waals surface area contributed by atoms with Gasteiger partial charge in [0.05, 0.1) is 0 Å². The Morgan fingerprint density at radius 3 is 2.50 bits per heavy atom. The summed E-state index contributed by atoms with van der Waals surface area (Å²) < 4.78 is 0. The van der Waals surface area contributed by atoms with Gasteiger partial charge < -0.3 is 11.1 Å². The number of likely N-dealkylation sites (N-methyl/N-ethyl adjacent to an activating group) is 1. The van der Waals surface area contributed by atoms with Gasteiger partial charge in [0.25, 0.3) is 0 Å². The standard InChI is InChI=1S/C16H22N2/c1-4-16(18-3)12-6-13(2)5-7-14-8-10-15(17)11-9-14/h4,6,8-12,18H,1,5,7,17H2,2-3H3/b13-6+,16-12+. The third-order valence-electron chi connectivity index (χ3n) is 2.84. The third-order valence-corrected chi connectivity index (χ3v) is 2.84. The predicted molar refractivity (Wildman–Crippen MR) is 80.3 cm³/mol. The van der Waals surface area contributed by atoms with Crippen LogP contribution in [0, 0.1) is 0 Å². The molecule has 0 aliphatic carbocycles. The summed E-state index contributed by atoms with van der Waals surface area (Å²) in [5.41, 5.74) is 10.2. The molecule has 0 unspecified atom stereocenters.